The van der Waals surface area contributed by atoms with Crippen LogP contribution >= 0.6 is 0 Å². The van der Waals surface area contributed by atoms with Crippen molar-refractivity contribution in [3.05, 3.63) is 0 Å². The monoisotopic (exact) mass is 347 g/mol. The van der Waals surface area contributed by atoms with Crippen molar-refractivity contribution >= 4 is 0 Å². The first-order chi connectivity index (χ1) is 12.3. The Bertz CT molecular complexity index is 398. The van der Waals surface area contributed by atoms with Crippen LogP contribution in [-0.4, -0.2) is 49.2 Å². The molecule has 25 heavy (non-hydrogen) atoms. The molecule has 2 saturated heterocycles. The fraction of sp³-hybridized carbons (Fsp3) is 1.00. The highest BCUT2D eigenvalue weighted by Crippen LogP contribution is 2.42. The molecule has 3 atom stereocenters. The fourth-order valence-corrected chi connectivity index (χ4v) is 6.37. The number of hydrogen-bond donors (Lipinski definition) is 1. The number of likely N-dealkylation sites (tertiary alicyclic amines) is 1. The second kappa shape index (κ2) is 8.71. The van der Waals surface area contributed by atoms with E-state index in [2.05, 4.69) is 22.4 Å². The molecule has 2 heterocycles. The first kappa shape index (κ1) is 18.3. The Labute approximate surface area is 155 Å². The van der Waals surface area contributed by atoms with E-state index in [1.54, 1.807) is 0 Å². The molecule has 0 aromatic carbocycles. The summed E-state index contributed by atoms with van der Waals surface area (Å²) >= 11 is 0. The van der Waals surface area contributed by atoms with Gasteiger partial charge in [-0.3, -0.25) is 5.43 Å². The maximum Gasteiger partial charge on any atom is 0.0256 e. The maximum absolute atomic E-state index is 3.96. The van der Waals surface area contributed by atoms with Crippen molar-refractivity contribution in [1.29, 1.82) is 0 Å². The molecule has 0 bridgehead atoms. The van der Waals surface area contributed by atoms with Gasteiger partial charge in [0.25, 0.3) is 0 Å². The molecular formula is C22H41N3. The van der Waals surface area contributed by atoms with Gasteiger partial charge in [-0.25, -0.2) is 5.01 Å². The van der Waals surface area contributed by atoms with Crippen LogP contribution in [-0.2, 0) is 0 Å². The Hall–Kier alpha value is -0.120. The molecule has 4 fully saturated rings. The molecule has 0 amide bonds. The third kappa shape index (κ3) is 4.78. The van der Waals surface area contributed by atoms with Crippen molar-refractivity contribution in [2.45, 2.75) is 83.1 Å². The minimum Gasteiger partial charge on any atom is -0.306 e. The van der Waals surface area contributed by atoms with Crippen LogP contribution in [0.5, 0.6) is 0 Å². The van der Waals surface area contributed by atoms with E-state index in [-0.39, 0.29) is 0 Å². The molecule has 1 N–H and O–H groups in total. The zero-order chi connectivity index (χ0) is 17.1. The Kier molecular flexibility index (Phi) is 6.36. The highest BCUT2D eigenvalue weighted by molar-refractivity contribution is 4.89. The molecule has 2 aliphatic carbocycles. The maximum atomic E-state index is 3.96. The standard InChI is InChI=1S/C22H41N3/c1-24-13-10-18(11-14-24)17-25-15-12-22(23-25)21-9-5-8-20(16-21)19-6-3-2-4-7-19/h18-23H,2-17H2,1H3. The zero-order valence-electron chi connectivity index (χ0n) is 16.6. The summed E-state index contributed by atoms with van der Waals surface area (Å²) in [4.78, 5) is 2.49. The predicted molar refractivity (Wildman–Crippen MR) is 105 cm³/mol. The van der Waals surface area contributed by atoms with E-state index in [1.807, 2.05) is 0 Å². The first-order valence-electron chi connectivity index (χ1n) is 11.5. The van der Waals surface area contributed by atoms with Crippen molar-refractivity contribution in [3.8, 4) is 0 Å². The normalized spacial score (nSPS) is 37.6. The highest BCUT2D eigenvalue weighted by atomic mass is 15.5. The molecule has 2 saturated carbocycles. The number of nitrogens with zero attached hydrogens (tertiary/aromatic N) is 2. The summed E-state index contributed by atoms with van der Waals surface area (Å²) in [7, 11) is 2.27. The average Bonchev–Trinajstić information content (AvgIpc) is 3.13. The van der Waals surface area contributed by atoms with Gasteiger partial charge in [-0.15, -0.1) is 0 Å². The van der Waals surface area contributed by atoms with Crippen LogP contribution in [0.15, 0.2) is 0 Å². The lowest BCUT2D eigenvalue weighted by molar-refractivity contribution is 0.111. The minimum atomic E-state index is 0.789. The molecule has 4 rings (SSSR count). The van der Waals surface area contributed by atoms with Gasteiger partial charge in [-0.05, 0) is 75.9 Å². The van der Waals surface area contributed by atoms with Crippen LogP contribution in [0.4, 0.5) is 0 Å². The molecular weight excluding hydrogens is 306 g/mol. The van der Waals surface area contributed by atoms with Crippen LogP contribution < -0.4 is 5.43 Å². The Morgan fingerprint density at radius 3 is 2.24 bits per heavy atom. The van der Waals surface area contributed by atoms with E-state index < -0.39 is 0 Å². The lowest BCUT2D eigenvalue weighted by Gasteiger charge is -2.39. The number of piperidine rings is 1. The summed E-state index contributed by atoms with van der Waals surface area (Å²) in [5, 5.41) is 2.60. The van der Waals surface area contributed by atoms with Crippen LogP contribution in [0.2, 0.25) is 0 Å². The van der Waals surface area contributed by atoms with E-state index in [4.69, 9.17) is 0 Å². The van der Waals surface area contributed by atoms with Gasteiger partial charge in [0.1, 0.15) is 0 Å². The smallest absolute Gasteiger partial charge is 0.0256 e. The van der Waals surface area contributed by atoms with Gasteiger partial charge < -0.3 is 4.90 Å². The van der Waals surface area contributed by atoms with Crippen LogP contribution in [0.1, 0.15) is 77.0 Å². The van der Waals surface area contributed by atoms with Gasteiger partial charge in [0.05, 0.1) is 0 Å². The van der Waals surface area contributed by atoms with E-state index in [9.17, 15) is 0 Å². The molecule has 3 unspecified atom stereocenters. The van der Waals surface area contributed by atoms with Gasteiger partial charge in [0.15, 0.2) is 0 Å². The summed E-state index contributed by atoms with van der Waals surface area (Å²) in [5.41, 5.74) is 3.96. The SMILES string of the molecule is CN1CCC(CN2CCC(C3CCCC(C4CCCCC4)C3)N2)CC1. The molecule has 0 aromatic rings. The molecule has 144 valence electrons. The fourth-order valence-electron chi connectivity index (χ4n) is 6.37. The largest absolute Gasteiger partial charge is 0.306 e. The molecule has 4 aliphatic rings. The van der Waals surface area contributed by atoms with Gasteiger partial charge >= 0.3 is 0 Å². The van der Waals surface area contributed by atoms with Crippen molar-refractivity contribution in [3.63, 3.8) is 0 Å². The predicted octanol–water partition coefficient (Wildman–Crippen LogP) is 4.29. The van der Waals surface area contributed by atoms with Crippen molar-refractivity contribution < 1.29 is 0 Å². The van der Waals surface area contributed by atoms with Crippen molar-refractivity contribution in [2.24, 2.45) is 23.7 Å². The Morgan fingerprint density at radius 1 is 0.720 bits per heavy atom. The topological polar surface area (TPSA) is 18.5 Å². The van der Waals surface area contributed by atoms with E-state index >= 15 is 0 Å². The van der Waals surface area contributed by atoms with E-state index in [1.165, 1.54) is 103 Å². The van der Waals surface area contributed by atoms with Gasteiger partial charge in [-0.1, -0.05) is 44.9 Å². The molecule has 0 aromatic heterocycles. The summed E-state index contributed by atoms with van der Waals surface area (Å²) in [6.07, 6.45) is 17.8. The van der Waals surface area contributed by atoms with Gasteiger partial charge in [0.2, 0.25) is 0 Å². The second-order valence-corrected chi connectivity index (χ2v) is 9.80. The number of nitrogens with one attached hydrogen (secondary N) is 1. The number of hydrazine groups is 1. The number of rotatable bonds is 4. The molecule has 0 radical (unpaired) electrons. The van der Waals surface area contributed by atoms with Crippen LogP contribution in [0.25, 0.3) is 0 Å². The van der Waals surface area contributed by atoms with Crippen molar-refractivity contribution in [2.75, 3.05) is 33.2 Å². The quantitative estimate of drug-likeness (QED) is 0.818. The Morgan fingerprint density at radius 2 is 1.44 bits per heavy atom. The third-order valence-corrected chi connectivity index (χ3v) is 8.02. The summed E-state index contributed by atoms with van der Waals surface area (Å²) in [6, 6.07) is 0.789. The van der Waals surface area contributed by atoms with Crippen LogP contribution in [0, 0.1) is 23.7 Å². The van der Waals surface area contributed by atoms with Crippen LogP contribution in [0.3, 0.4) is 0 Å². The van der Waals surface area contributed by atoms with E-state index in [0.29, 0.717) is 0 Å². The summed E-state index contributed by atoms with van der Waals surface area (Å²) in [5.74, 6) is 4.02. The lowest BCUT2D eigenvalue weighted by Crippen LogP contribution is -2.44. The highest BCUT2D eigenvalue weighted by Gasteiger charge is 2.36. The summed E-state index contributed by atoms with van der Waals surface area (Å²) < 4.78 is 0. The molecule has 0 spiro atoms. The van der Waals surface area contributed by atoms with E-state index in [0.717, 1.165) is 29.7 Å². The molecule has 2 aliphatic heterocycles. The first-order valence-corrected chi connectivity index (χ1v) is 11.5. The average molecular weight is 348 g/mol. The van der Waals surface area contributed by atoms with Gasteiger partial charge in [0, 0.05) is 19.1 Å². The Balaban J connectivity index is 1.23. The number of hydrogen-bond acceptors (Lipinski definition) is 3. The minimum absolute atomic E-state index is 0.789. The lowest BCUT2D eigenvalue weighted by atomic mass is 9.69. The van der Waals surface area contributed by atoms with Crippen molar-refractivity contribution in [1.82, 2.24) is 15.3 Å². The molecule has 3 heteroatoms. The second-order valence-electron chi connectivity index (χ2n) is 9.80. The summed E-state index contributed by atoms with van der Waals surface area (Å²) in [6.45, 7) is 5.19. The van der Waals surface area contributed by atoms with Gasteiger partial charge in [-0.2, -0.15) is 0 Å². The molecule has 3 nitrogen and oxygen atoms in total. The zero-order valence-corrected chi connectivity index (χ0v) is 16.6. The third-order valence-electron chi connectivity index (χ3n) is 8.02.